The first kappa shape index (κ1) is 19.3. The Balaban J connectivity index is 1.88. The summed E-state index contributed by atoms with van der Waals surface area (Å²) in [4.78, 5) is 35.7. The zero-order valence-electron chi connectivity index (χ0n) is 14.9. The first-order valence-electron chi connectivity index (χ1n) is 8.35. The van der Waals surface area contributed by atoms with Gasteiger partial charge in [0.05, 0.1) is 17.2 Å². The van der Waals surface area contributed by atoms with Gasteiger partial charge in [-0.05, 0) is 42.3 Å². The molecular weight excluding hydrogens is 382 g/mol. The second-order valence-corrected chi connectivity index (χ2v) is 6.63. The third-order valence-electron chi connectivity index (χ3n) is 4.19. The van der Waals surface area contributed by atoms with Crippen molar-refractivity contribution in [1.29, 1.82) is 0 Å². The van der Waals surface area contributed by atoms with E-state index in [0.29, 0.717) is 10.6 Å². The number of nitro groups is 1. The van der Waals surface area contributed by atoms with Crippen molar-refractivity contribution in [2.75, 3.05) is 5.32 Å². The molecule has 0 saturated carbocycles. The van der Waals surface area contributed by atoms with Crippen molar-refractivity contribution >= 4 is 28.9 Å². The fraction of sp³-hybridized carbons (Fsp3) is 0.100. The number of amides is 1. The first-order valence-corrected chi connectivity index (χ1v) is 8.73. The number of nitrogens with one attached hydrogen (secondary N) is 1. The number of nitrogens with zero attached hydrogens (tertiary/aromatic N) is 2. The summed E-state index contributed by atoms with van der Waals surface area (Å²) in [7, 11) is 0. The fourth-order valence-electron chi connectivity index (χ4n) is 2.71. The number of anilines is 1. The molecule has 0 saturated heterocycles. The van der Waals surface area contributed by atoms with Gasteiger partial charge in [0.1, 0.15) is 5.56 Å². The Labute approximate surface area is 165 Å². The minimum absolute atomic E-state index is 0.0598. The lowest BCUT2D eigenvalue weighted by Crippen LogP contribution is -2.29. The Morgan fingerprint density at radius 2 is 1.96 bits per heavy atom. The van der Waals surface area contributed by atoms with Crippen LogP contribution in [0.5, 0.6) is 0 Å². The summed E-state index contributed by atoms with van der Waals surface area (Å²) in [5.41, 5.74) is 1.07. The second kappa shape index (κ2) is 8.06. The van der Waals surface area contributed by atoms with Crippen LogP contribution in [0.25, 0.3) is 0 Å². The smallest absolute Gasteiger partial charge is 0.271 e. The number of hydrogen-bond donors (Lipinski definition) is 1. The number of carbonyl (C=O) groups is 1. The molecule has 0 aliphatic heterocycles. The maximum Gasteiger partial charge on any atom is 0.271 e. The van der Waals surface area contributed by atoms with Crippen LogP contribution in [0.1, 0.15) is 21.5 Å². The van der Waals surface area contributed by atoms with Gasteiger partial charge in [-0.1, -0.05) is 29.8 Å². The van der Waals surface area contributed by atoms with E-state index < -0.39 is 16.4 Å². The van der Waals surface area contributed by atoms with Gasteiger partial charge in [0.25, 0.3) is 17.2 Å². The van der Waals surface area contributed by atoms with E-state index >= 15 is 0 Å². The van der Waals surface area contributed by atoms with Gasteiger partial charge < -0.3 is 9.88 Å². The van der Waals surface area contributed by atoms with Crippen LogP contribution in [0, 0.1) is 17.0 Å². The standard InChI is InChI=1S/C20H16ClN3O4/c1-13-7-8-16(24(27)28)11-18(13)22-19(25)17-6-3-9-23(20(17)26)12-14-4-2-5-15(21)10-14/h2-11H,12H2,1H3,(H,22,25). The van der Waals surface area contributed by atoms with Crippen LogP contribution in [0.4, 0.5) is 11.4 Å². The van der Waals surface area contributed by atoms with Crippen LogP contribution in [0.15, 0.2) is 65.6 Å². The maximum atomic E-state index is 12.7. The zero-order valence-corrected chi connectivity index (χ0v) is 15.6. The molecule has 2 aromatic carbocycles. The number of nitro benzene ring substituents is 1. The number of carbonyl (C=O) groups excluding carboxylic acids is 1. The highest BCUT2D eigenvalue weighted by atomic mass is 35.5. The summed E-state index contributed by atoms with van der Waals surface area (Å²) in [6.07, 6.45) is 1.58. The maximum absolute atomic E-state index is 12.7. The van der Waals surface area contributed by atoms with E-state index in [4.69, 9.17) is 11.6 Å². The molecule has 1 heterocycles. The molecule has 1 amide bonds. The van der Waals surface area contributed by atoms with Crippen molar-refractivity contribution in [1.82, 2.24) is 4.57 Å². The Morgan fingerprint density at radius 3 is 2.68 bits per heavy atom. The lowest BCUT2D eigenvalue weighted by atomic mass is 10.1. The molecule has 28 heavy (non-hydrogen) atoms. The highest BCUT2D eigenvalue weighted by Crippen LogP contribution is 2.22. The van der Waals surface area contributed by atoms with Gasteiger partial charge in [0.2, 0.25) is 0 Å². The average Bonchev–Trinajstić information content (AvgIpc) is 2.65. The molecule has 0 unspecified atom stereocenters. The summed E-state index contributed by atoms with van der Waals surface area (Å²) < 4.78 is 1.40. The number of aromatic nitrogens is 1. The SMILES string of the molecule is Cc1ccc([N+](=O)[O-])cc1NC(=O)c1cccn(Cc2cccc(Cl)c2)c1=O. The number of pyridine rings is 1. The summed E-state index contributed by atoms with van der Waals surface area (Å²) in [5, 5.41) is 14.1. The molecule has 3 aromatic rings. The van der Waals surface area contributed by atoms with Crippen LogP contribution in [-0.4, -0.2) is 15.4 Å². The monoisotopic (exact) mass is 397 g/mol. The van der Waals surface area contributed by atoms with Crippen LogP contribution in [0.3, 0.4) is 0 Å². The van der Waals surface area contributed by atoms with E-state index in [-0.39, 0.29) is 23.5 Å². The molecular formula is C20H16ClN3O4. The first-order chi connectivity index (χ1) is 13.3. The molecule has 0 atom stereocenters. The van der Waals surface area contributed by atoms with Gasteiger partial charge in [-0.3, -0.25) is 19.7 Å². The lowest BCUT2D eigenvalue weighted by Gasteiger charge is -2.10. The average molecular weight is 398 g/mol. The van der Waals surface area contributed by atoms with Gasteiger partial charge in [0, 0.05) is 23.4 Å². The van der Waals surface area contributed by atoms with Crippen molar-refractivity contribution in [3.05, 3.63) is 103 Å². The van der Waals surface area contributed by atoms with Crippen molar-refractivity contribution in [3.8, 4) is 0 Å². The number of benzene rings is 2. The number of hydrogen-bond acceptors (Lipinski definition) is 4. The Kier molecular flexibility index (Phi) is 5.56. The Morgan fingerprint density at radius 1 is 1.18 bits per heavy atom. The Hall–Kier alpha value is -3.45. The summed E-state index contributed by atoms with van der Waals surface area (Å²) >= 11 is 5.97. The minimum Gasteiger partial charge on any atom is -0.321 e. The molecule has 0 aliphatic carbocycles. The molecule has 0 bridgehead atoms. The van der Waals surface area contributed by atoms with Gasteiger partial charge in [0.15, 0.2) is 0 Å². The number of rotatable bonds is 5. The summed E-state index contributed by atoms with van der Waals surface area (Å²) in [6.45, 7) is 1.97. The van der Waals surface area contributed by atoms with Crippen LogP contribution < -0.4 is 10.9 Å². The third kappa shape index (κ3) is 4.27. The van der Waals surface area contributed by atoms with E-state index in [1.165, 1.54) is 28.8 Å². The van der Waals surface area contributed by atoms with E-state index in [2.05, 4.69) is 5.32 Å². The van der Waals surface area contributed by atoms with Crippen LogP contribution in [0.2, 0.25) is 5.02 Å². The van der Waals surface area contributed by atoms with Crippen molar-refractivity contribution in [2.24, 2.45) is 0 Å². The summed E-state index contributed by atoms with van der Waals surface area (Å²) in [5.74, 6) is -0.631. The molecule has 1 N–H and O–H groups in total. The van der Waals surface area contributed by atoms with Crippen molar-refractivity contribution in [3.63, 3.8) is 0 Å². The van der Waals surface area contributed by atoms with Crippen molar-refractivity contribution in [2.45, 2.75) is 13.5 Å². The highest BCUT2D eigenvalue weighted by Gasteiger charge is 2.16. The van der Waals surface area contributed by atoms with E-state index in [9.17, 15) is 19.7 Å². The van der Waals surface area contributed by atoms with Gasteiger partial charge in [-0.25, -0.2) is 0 Å². The lowest BCUT2D eigenvalue weighted by molar-refractivity contribution is -0.384. The summed E-state index contributed by atoms with van der Waals surface area (Å²) in [6, 6.07) is 14.3. The van der Waals surface area contributed by atoms with Crippen LogP contribution in [-0.2, 0) is 6.54 Å². The molecule has 0 fully saturated rings. The number of halogens is 1. The largest absolute Gasteiger partial charge is 0.321 e. The van der Waals surface area contributed by atoms with Gasteiger partial charge in [-0.2, -0.15) is 0 Å². The van der Waals surface area contributed by atoms with E-state index in [1.807, 2.05) is 6.07 Å². The highest BCUT2D eigenvalue weighted by molar-refractivity contribution is 6.30. The van der Waals surface area contributed by atoms with Crippen molar-refractivity contribution < 1.29 is 9.72 Å². The molecule has 1 aromatic heterocycles. The third-order valence-corrected chi connectivity index (χ3v) is 4.42. The second-order valence-electron chi connectivity index (χ2n) is 6.20. The zero-order chi connectivity index (χ0) is 20.3. The minimum atomic E-state index is -0.631. The molecule has 7 nitrogen and oxygen atoms in total. The predicted molar refractivity (Wildman–Crippen MR) is 107 cm³/mol. The topological polar surface area (TPSA) is 94.2 Å². The number of non-ortho nitro benzene ring substituents is 1. The fourth-order valence-corrected chi connectivity index (χ4v) is 2.93. The molecule has 0 aliphatic rings. The molecule has 0 radical (unpaired) electrons. The normalized spacial score (nSPS) is 10.5. The Bertz CT molecular complexity index is 1120. The molecule has 142 valence electrons. The predicted octanol–water partition coefficient (Wildman–Crippen LogP) is 4.02. The molecule has 0 spiro atoms. The quantitative estimate of drug-likeness (QED) is 0.519. The van der Waals surface area contributed by atoms with E-state index in [0.717, 1.165) is 5.56 Å². The van der Waals surface area contributed by atoms with Gasteiger partial charge >= 0.3 is 0 Å². The van der Waals surface area contributed by atoms with Crippen LogP contribution >= 0.6 is 11.6 Å². The van der Waals surface area contributed by atoms with E-state index in [1.54, 1.807) is 37.4 Å². The number of aryl methyl sites for hydroxylation is 1. The molecule has 8 heteroatoms. The molecule has 3 rings (SSSR count). The van der Waals surface area contributed by atoms with Gasteiger partial charge in [-0.15, -0.1) is 0 Å².